The number of hydrogen-bond acceptors (Lipinski definition) is 2. The molecule has 3 atom stereocenters. The van der Waals surface area contributed by atoms with E-state index < -0.39 is 5.60 Å². The lowest BCUT2D eigenvalue weighted by Crippen LogP contribution is -2.46. The topological polar surface area (TPSA) is 40.5 Å². The molecular weight excluding hydrogens is 212 g/mol. The molecule has 0 amide bonds. The van der Waals surface area contributed by atoms with Gasteiger partial charge in [-0.25, -0.2) is 0 Å². The molecule has 0 aromatic rings. The Morgan fingerprint density at radius 1 is 1.29 bits per heavy atom. The van der Waals surface area contributed by atoms with E-state index in [0.717, 1.165) is 32.1 Å². The first kappa shape index (κ1) is 14.7. The normalized spacial score (nSPS) is 35.1. The van der Waals surface area contributed by atoms with E-state index in [1.54, 1.807) is 0 Å². The van der Waals surface area contributed by atoms with Crippen LogP contribution in [0.3, 0.4) is 0 Å². The molecule has 0 spiro atoms. The fourth-order valence-electron chi connectivity index (χ4n) is 3.15. The Labute approximate surface area is 106 Å². The van der Waals surface area contributed by atoms with Crippen molar-refractivity contribution in [2.45, 2.75) is 71.5 Å². The van der Waals surface area contributed by atoms with Crippen molar-refractivity contribution in [3.05, 3.63) is 12.2 Å². The summed E-state index contributed by atoms with van der Waals surface area (Å²) in [4.78, 5) is 0. The Kier molecular flexibility index (Phi) is 4.79. The van der Waals surface area contributed by atoms with Crippen LogP contribution in [-0.2, 0) is 0 Å². The molecule has 2 heteroatoms. The van der Waals surface area contributed by atoms with Gasteiger partial charge >= 0.3 is 0 Å². The van der Waals surface area contributed by atoms with Gasteiger partial charge in [0.15, 0.2) is 0 Å². The molecule has 0 aromatic carbocycles. The van der Waals surface area contributed by atoms with Crippen LogP contribution < -0.4 is 0 Å². The molecule has 100 valence electrons. The van der Waals surface area contributed by atoms with Crippen LogP contribution in [-0.4, -0.2) is 21.9 Å². The average Bonchev–Trinajstić information content (AvgIpc) is 2.15. The van der Waals surface area contributed by atoms with Crippen molar-refractivity contribution in [2.24, 2.45) is 11.3 Å². The summed E-state index contributed by atoms with van der Waals surface area (Å²) in [6.45, 7) is 8.41. The van der Waals surface area contributed by atoms with Crippen LogP contribution in [0.25, 0.3) is 0 Å². The zero-order valence-electron chi connectivity index (χ0n) is 11.7. The Bertz CT molecular complexity index is 250. The highest BCUT2D eigenvalue weighted by molar-refractivity contribution is 5.07. The van der Waals surface area contributed by atoms with Gasteiger partial charge in [-0.15, -0.1) is 0 Å². The number of hydrogen-bond donors (Lipinski definition) is 2. The molecule has 2 nitrogen and oxygen atoms in total. The van der Waals surface area contributed by atoms with E-state index in [1.165, 1.54) is 0 Å². The zero-order valence-corrected chi connectivity index (χ0v) is 11.7. The minimum atomic E-state index is -0.635. The smallest absolute Gasteiger partial charge is 0.0720 e. The predicted octanol–water partition coefficient (Wildman–Crippen LogP) is 3.28. The largest absolute Gasteiger partial charge is 0.390 e. The van der Waals surface area contributed by atoms with Gasteiger partial charge in [0, 0.05) is 5.92 Å². The molecular formula is C15H28O2. The first-order valence-corrected chi connectivity index (χ1v) is 6.88. The van der Waals surface area contributed by atoms with Crippen LogP contribution in [0.5, 0.6) is 0 Å². The maximum atomic E-state index is 10.5. The van der Waals surface area contributed by atoms with Crippen LogP contribution in [0.1, 0.15) is 59.8 Å². The van der Waals surface area contributed by atoms with Crippen molar-refractivity contribution in [1.29, 1.82) is 0 Å². The highest BCUT2D eigenvalue weighted by Crippen LogP contribution is 2.46. The molecule has 0 radical (unpaired) electrons. The summed E-state index contributed by atoms with van der Waals surface area (Å²) in [7, 11) is 0. The van der Waals surface area contributed by atoms with Crippen molar-refractivity contribution in [3.8, 4) is 0 Å². The molecule has 17 heavy (non-hydrogen) atoms. The fourth-order valence-corrected chi connectivity index (χ4v) is 3.15. The van der Waals surface area contributed by atoms with Gasteiger partial charge in [-0.2, -0.15) is 0 Å². The second-order valence-corrected chi connectivity index (χ2v) is 6.42. The van der Waals surface area contributed by atoms with Gasteiger partial charge < -0.3 is 10.2 Å². The molecule has 1 fully saturated rings. The SMILES string of the molecule is CCCC(O)/C=C/C1C(C)(C)CCCC1(C)O. The molecule has 1 rings (SSSR count). The van der Waals surface area contributed by atoms with E-state index >= 15 is 0 Å². The third-order valence-electron chi connectivity index (χ3n) is 4.13. The first-order chi connectivity index (χ1) is 7.79. The second kappa shape index (κ2) is 5.53. The van der Waals surface area contributed by atoms with Crippen LogP contribution in [0.4, 0.5) is 0 Å². The van der Waals surface area contributed by atoms with E-state index in [9.17, 15) is 10.2 Å². The second-order valence-electron chi connectivity index (χ2n) is 6.42. The van der Waals surface area contributed by atoms with Crippen LogP contribution in [0.2, 0.25) is 0 Å². The van der Waals surface area contributed by atoms with E-state index in [-0.39, 0.29) is 17.4 Å². The van der Waals surface area contributed by atoms with Crippen LogP contribution in [0, 0.1) is 11.3 Å². The van der Waals surface area contributed by atoms with Crippen molar-refractivity contribution in [3.63, 3.8) is 0 Å². The zero-order chi connectivity index (χ0) is 13.1. The molecule has 0 saturated heterocycles. The summed E-state index contributed by atoms with van der Waals surface area (Å²) in [6.07, 6.45) is 8.41. The Morgan fingerprint density at radius 2 is 1.94 bits per heavy atom. The first-order valence-electron chi connectivity index (χ1n) is 6.88. The number of rotatable bonds is 4. The third kappa shape index (κ3) is 3.82. The molecule has 1 saturated carbocycles. The van der Waals surface area contributed by atoms with Crippen molar-refractivity contribution in [2.75, 3.05) is 0 Å². The van der Waals surface area contributed by atoms with Gasteiger partial charge in [-0.05, 0) is 31.6 Å². The van der Waals surface area contributed by atoms with Gasteiger partial charge in [-0.3, -0.25) is 0 Å². The molecule has 0 aromatic heterocycles. The molecule has 0 bridgehead atoms. The van der Waals surface area contributed by atoms with E-state index in [1.807, 2.05) is 19.1 Å². The van der Waals surface area contributed by atoms with Crippen molar-refractivity contribution >= 4 is 0 Å². The summed E-state index contributed by atoms with van der Waals surface area (Å²) in [6, 6.07) is 0. The Balaban J connectivity index is 2.76. The standard InChI is InChI=1S/C15H28O2/c1-5-7-12(16)8-9-13-14(2,3)10-6-11-15(13,4)17/h8-9,12-13,16-17H,5-7,10-11H2,1-4H3/b9-8+. The Hall–Kier alpha value is -0.340. The molecule has 0 aliphatic heterocycles. The summed E-state index contributed by atoms with van der Waals surface area (Å²) < 4.78 is 0. The maximum Gasteiger partial charge on any atom is 0.0720 e. The minimum absolute atomic E-state index is 0.115. The van der Waals surface area contributed by atoms with Crippen molar-refractivity contribution < 1.29 is 10.2 Å². The molecule has 1 aliphatic carbocycles. The average molecular weight is 240 g/mol. The highest BCUT2D eigenvalue weighted by atomic mass is 16.3. The molecule has 3 unspecified atom stereocenters. The van der Waals surface area contributed by atoms with Gasteiger partial charge in [0.05, 0.1) is 11.7 Å². The van der Waals surface area contributed by atoms with Crippen molar-refractivity contribution in [1.82, 2.24) is 0 Å². The van der Waals surface area contributed by atoms with Crippen LogP contribution >= 0.6 is 0 Å². The Morgan fingerprint density at radius 3 is 2.47 bits per heavy atom. The summed E-state index contributed by atoms with van der Waals surface area (Å²) in [5, 5.41) is 20.2. The van der Waals surface area contributed by atoms with E-state index in [0.29, 0.717) is 0 Å². The van der Waals surface area contributed by atoms with E-state index in [2.05, 4.69) is 20.8 Å². The summed E-state index contributed by atoms with van der Waals surface area (Å²) in [5.74, 6) is 0.134. The quantitative estimate of drug-likeness (QED) is 0.740. The van der Waals surface area contributed by atoms with Gasteiger partial charge in [0.2, 0.25) is 0 Å². The minimum Gasteiger partial charge on any atom is -0.390 e. The lowest BCUT2D eigenvalue weighted by molar-refractivity contribution is -0.0664. The molecule has 0 heterocycles. The maximum absolute atomic E-state index is 10.5. The predicted molar refractivity (Wildman–Crippen MR) is 71.8 cm³/mol. The van der Waals surface area contributed by atoms with Gasteiger partial charge in [0.25, 0.3) is 0 Å². The monoisotopic (exact) mass is 240 g/mol. The third-order valence-corrected chi connectivity index (χ3v) is 4.13. The summed E-state index contributed by atoms with van der Waals surface area (Å²) >= 11 is 0. The number of aliphatic hydroxyl groups excluding tert-OH is 1. The van der Waals surface area contributed by atoms with Gasteiger partial charge in [0.1, 0.15) is 0 Å². The fraction of sp³-hybridized carbons (Fsp3) is 0.867. The lowest BCUT2D eigenvalue weighted by Gasteiger charge is -2.46. The molecule has 2 N–H and O–H groups in total. The van der Waals surface area contributed by atoms with Gasteiger partial charge in [-0.1, -0.05) is 45.8 Å². The highest BCUT2D eigenvalue weighted by Gasteiger charge is 2.43. The van der Waals surface area contributed by atoms with Crippen LogP contribution in [0.15, 0.2) is 12.2 Å². The lowest BCUT2D eigenvalue weighted by atomic mass is 9.62. The summed E-state index contributed by atoms with van der Waals surface area (Å²) in [5.41, 5.74) is -0.519. The number of aliphatic hydroxyl groups is 2. The van der Waals surface area contributed by atoms with E-state index in [4.69, 9.17) is 0 Å². The molecule has 1 aliphatic rings.